The molecule has 0 aliphatic rings. The lowest BCUT2D eigenvalue weighted by atomic mass is 10.2. The van der Waals surface area contributed by atoms with Crippen molar-refractivity contribution < 1.29 is 17.9 Å². The summed E-state index contributed by atoms with van der Waals surface area (Å²) in [5.41, 5.74) is 1.13. The average molecular weight is 369 g/mol. The van der Waals surface area contributed by atoms with Crippen molar-refractivity contribution >= 4 is 33.4 Å². The van der Waals surface area contributed by atoms with Crippen molar-refractivity contribution in [3.8, 4) is 0 Å². The van der Waals surface area contributed by atoms with Gasteiger partial charge in [0.15, 0.2) is 0 Å². The summed E-state index contributed by atoms with van der Waals surface area (Å²) in [5, 5.41) is 2.99. The molecular formula is C16H17ClN2O4S. The van der Waals surface area contributed by atoms with E-state index in [1.54, 1.807) is 31.2 Å². The van der Waals surface area contributed by atoms with Crippen molar-refractivity contribution in [2.75, 3.05) is 11.9 Å². The lowest BCUT2D eigenvalue weighted by Crippen LogP contribution is -2.23. The first-order chi connectivity index (χ1) is 11.4. The summed E-state index contributed by atoms with van der Waals surface area (Å²) in [7, 11) is -3.68. The molecule has 0 saturated carbocycles. The number of hydrogen-bond donors (Lipinski definition) is 2. The second kappa shape index (κ2) is 8.14. The highest BCUT2D eigenvalue weighted by Crippen LogP contribution is 2.17. The molecule has 6 nitrogen and oxygen atoms in total. The molecular weight excluding hydrogens is 352 g/mol. The smallest absolute Gasteiger partial charge is 0.411 e. The van der Waals surface area contributed by atoms with E-state index in [2.05, 4.69) is 10.0 Å². The number of nitrogens with one attached hydrogen (secondary N) is 2. The van der Waals surface area contributed by atoms with Crippen LogP contribution in [0.5, 0.6) is 0 Å². The van der Waals surface area contributed by atoms with Crippen LogP contribution in [0.4, 0.5) is 10.5 Å². The molecule has 0 unspecified atom stereocenters. The molecule has 0 spiro atoms. The second-order valence-corrected chi connectivity index (χ2v) is 6.96. The summed E-state index contributed by atoms with van der Waals surface area (Å²) in [4.78, 5) is 11.4. The average Bonchev–Trinajstić information content (AvgIpc) is 2.55. The van der Waals surface area contributed by atoms with Gasteiger partial charge in [-0.05, 0) is 42.8 Å². The quantitative estimate of drug-likeness (QED) is 0.818. The van der Waals surface area contributed by atoms with Crippen molar-refractivity contribution in [3.05, 3.63) is 59.1 Å². The number of hydrogen-bond acceptors (Lipinski definition) is 4. The zero-order valence-electron chi connectivity index (χ0n) is 13.0. The minimum atomic E-state index is -3.68. The van der Waals surface area contributed by atoms with Gasteiger partial charge in [-0.25, -0.2) is 17.9 Å². The van der Waals surface area contributed by atoms with Gasteiger partial charge in [0.2, 0.25) is 10.0 Å². The second-order valence-electron chi connectivity index (χ2n) is 4.79. The fourth-order valence-electron chi connectivity index (χ4n) is 1.90. The molecule has 0 saturated heterocycles. The van der Waals surface area contributed by atoms with E-state index in [0.29, 0.717) is 16.3 Å². The Kier molecular flexibility index (Phi) is 6.19. The van der Waals surface area contributed by atoms with E-state index >= 15 is 0 Å². The number of benzene rings is 2. The number of carbonyl (C=O) groups is 1. The largest absolute Gasteiger partial charge is 0.450 e. The van der Waals surface area contributed by atoms with Crippen LogP contribution in [0.2, 0.25) is 5.02 Å². The molecule has 8 heteroatoms. The zero-order chi connectivity index (χ0) is 17.6. The zero-order valence-corrected chi connectivity index (χ0v) is 14.5. The predicted molar refractivity (Wildman–Crippen MR) is 92.6 cm³/mol. The van der Waals surface area contributed by atoms with Crippen LogP contribution in [0, 0.1) is 0 Å². The maximum atomic E-state index is 12.3. The maximum absolute atomic E-state index is 12.3. The summed E-state index contributed by atoms with van der Waals surface area (Å²) in [6.07, 6.45) is -0.593. The first-order valence-corrected chi connectivity index (χ1v) is 9.05. The fraction of sp³-hybridized carbons (Fsp3) is 0.188. The van der Waals surface area contributed by atoms with Gasteiger partial charge in [0.25, 0.3) is 0 Å². The molecule has 2 rings (SSSR count). The third-order valence-corrected chi connectivity index (χ3v) is 4.88. The molecule has 128 valence electrons. The number of sulfonamides is 1. The van der Waals surface area contributed by atoms with Crippen molar-refractivity contribution in [1.29, 1.82) is 0 Å². The first kappa shape index (κ1) is 18.3. The predicted octanol–water partition coefficient (Wildman–Crippen LogP) is 3.39. The van der Waals surface area contributed by atoms with Crippen molar-refractivity contribution in [2.45, 2.75) is 18.4 Å². The van der Waals surface area contributed by atoms with Crippen LogP contribution in [0.1, 0.15) is 12.5 Å². The van der Waals surface area contributed by atoms with Crippen LogP contribution < -0.4 is 10.0 Å². The van der Waals surface area contributed by atoms with Gasteiger partial charge in [-0.1, -0.05) is 29.8 Å². The Labute approximate surface area is 145 Å². The molecule has 0 radical (unpaired) electrons. The lowest BCUT2D eigenvalue weighted by Gasteiger charge is -2.09. The third-order valence-electron chi connectivity index (χ3n) is 3.10. The molecule has 0 aliphatic carbocycles. The molecule has 0 atom stereocenters. The van der Waals surface area contributed by atoms with Gasteiger partial charge in [-0.3, -0.25) is 5.32 Å². The van der Waals surface area contributed by atoms with Gasteiger partial charge in [0, 0.05) is 17.3 Å². The Morgan fingerprint density at radius 2 is 1.79 bits per heavy atom. The Bertz CT molecular complexity index is 807. The van der Waals surface area contributed by atoms with Crippen molar-refractivity contribution in [1.82, 2.24) is 4.72 Å². The maximum Gasteiger partial charge on any atom is 0.411 e. The normalized spacial score (nSPS) is 11.1. The monoisotopic (exact) mass is 368 g/mol. The highest BCUT2D eigenvalue weighted by atomic mass is 35.5. The van der Waals surface area contributed by atoms with Gasteiger partial charge in [0.1, 0.15) is 0 Å². The summed E-state index contributed by atoms with van der Waals surface area (Å²) in [6, 6.07) is 12.8. The molecule has 24 heavy (non-hydrogen) atoms. The van der Waals surface area contributed by atoms with Crippen LogP contribution in [-0.2, 0) is 21.3 Å². The highest BCUT2D eigenvalue weighted by Gasteiger charge is 2.14. The van der Waals surface area contributed by atoms with Gasteiger partial charge in [0.05, 0.1) is 11.5 Å². The summed E-state index contributed by atoms with van der Waals surface area (Å²) < 4.78 is 31.8. The SMILES string of the molecule is CCOC(=O)Nc1ccc(S(=O)(=O)NCc2ccccc2Cl)cc1. The topological polar surface area (TPSA) is 84.5 Å². The van der Waals surface area contributed by atoms with E-state index in [1.807, 2.05) is 0 Å². The molecule has 2 N–H and O–H groups in total. The van der Waals surface area contributed by atoms with E-state index in [0.717, 1.165) is 0 Å². The molecule has 2 aromatic carbocycles. The standard InChI is InChI=1S/C16H17ClN2O4S/c1-2-23-16(20)19-13-7-9-14(10-8-13)24(21,22)18-11-12-5-3-4-6-15(12)17/h3-10,18H,2,11H2,1H3,(H,19,20). The number of rotatable bonds is 6. The number of ether oxygens (including phenoxy) is 1. The summed E-state index contributed by atoms with van der Waals surface area (Å²) in [6.45, 7) is 2.04. The van der Waals surface area contributed by atoms with Gasteiger partial charge in [-0.15, -0.1) is 0 Å². The third kappa shape index (κ3) is 4.95. The Morgan fingerprint density at radius 3 is 2.42 bits per heavy atom. The van der Waals surface area contributed by atoms with Crippen LogP contribution in [0.15, 0.2) is 53.4 Å². The Balaban J connectivity index is 2.04. The minimum absolute atomic E-state index is 0.0870. The Hall–Kier alpha value is -2.09. The number of anilines is 1. The molecule has 0 heterocycles. The van der Waals surface area contributed by atoms with Gasteiger partial charge >= 0.3 is 6.09 Å². The van der Waals surface area contributed by atoms with Crippen LogP contribution in [0.3, 0.4) is 0 Å². The Morgan fingerprint density at radius 1 is 1.12 bits per heavy atom. The van der Waals surface area contributed by atoms with Crippen LogP contribution in [0.25, 0.3) is 0 Å². The molecule has 0 aliphatic heterocycles. The summed E-state index contributed by atoms with van der Waals surface area (Å²) >= 11 is 6.01. The molecule has 0 aromatic heterocycles. The van der Waals surface area contributed by atoms with Gasteiger partial charge < -0.3 is 4.74 Å². The molecule has 0 fully saturated rings. The van der Waals surface area contributed by atoms with E-state index in [4.69, 9.17) is 16.3 Å². The highest BCUT2D eigenvalue weighted by molar-refractivity contribution is 7.89. The number of amides is 1. The summed E-state index contributed by atoms with van der Waals surface area (Å²) in [5.74, 6) is 0. The van der Waals surface area contributed by atoms with Crippen molar-refractivity contribution in [2.24, 2.45) is 0 Å². The van der Waals surface area contributed by atoms with Gasteiger partial charge in [-0.2, -0.15) is 0 Å². The lowest BCUT2D eigenvalue weighted by molar-refractivity contribution is 0.168. The van der Waals surface area contributed by atoms with E-state index < -0.39 is 16.1 Å². The minimum Gasteiger partial charge on any atom is -0.450 e. The van der Waals surface area contributed by atoms with Crippen LogP contribution >= 0.6 is 11.6 Å². The van der Waals surface area contributed by atoms with E-state index in [1.165, 1.54) is 24.3 Å². The molecule has 0 bridgehead atoms. The first-order valence-electron chi connectivity index (χ1n) is 7.19. The fourth-order valence-corrected chi connectivity index (χ4v) is 3.11. The number of halogens is 1. The van der Waals surface area contributed by atoms with E-state index in [-0.39, 0.29) is 18.0 Å². The van der Waals surface area contributed by atoms with Crippen molar-refractivity contribution in [3.63, 3.8) is 0 Å². The molecule has 2 aromatic rings. The van der Waals surface area contributed by atoms with E-state index in [9.17, 15) is 13.2 Å². The number of carbonyl (C=O) groups excluding carboxylic acids is 1. The molecule has 1 amide bonds. The van der Waals surface area contributed by atoms with Crippen LogP contribution in [-0.4, -0.2) is 21.1 Å².